The minimum atomic E-state index is -0.658. The highest BCUT2D eigenvalue weighted by atomic mass is 16.6. The van der Waals surface area contributed by atoms with Gasteiger partial charge in [-0.3, -0.25) is 9.78 Å². The van der Waals surface area contributed by atoms with Gasteiger partial charge in [0.2, 0.25) is 11.7 Å². The molecule has 0 saturated carbocycles. The minimum absolute atomic E-state index is 0.102. The molecule has 1 N–H and O–H groups in total. The Kier molecular flexibility index (Phi) is 5.46. The summed E-state index contributed by atoms with van der Waals surface area (Å²) in [6.07, 6.45) is 4.53. The van der Waals surface area contributed by atoms with Crippen LogP contribution in [0.1, 0.15) is 16.2 Å². The summed E-state index contributed by atoms with van der Waals surface area (Å²) in [6, 6.07) is 9.98. The molecule has 0 saturated heterocycles. The van der Waals surface area contributed by atoms with Crippen molar-refractivity contribution in [2.75, 3.05) is 5.32 Å². The lowest BCUT2D eigenvalue weighted by molar-refractivity contribution is -0.116. The Balaban J connectivity index is 1.39. The molecule has 12 nitrogen and oxygen atoms in total. The van der Waals surface area contributed by atoms with Crippen LogP contribution >= 0.6 is 0 Å². The summed E-state index contributed by atoms with van der Waals surface area (Å²) in [5.74, 6) is -0.596. The number of benzene rings is 1. The molecule has 1 aromatic carbocycles. The van der Waals surface area contributed by atoms with E-state index in [0.29, 0.717) is 17.1 Å². The Morgan fingerprint density at radius 2 is 2.07 bits per heavy atom. The fraction of sp³-hybridized carbons (Fsp3) is 0.111. The van der Waals surface area contributed by atoms with Crippen molar-refractivity contribution in [1.82, 2.24) is 35.3 Å². The van der Waals surface area contributed by atoms with Crippen molar-refractivity contribution in [3.8, 4) is 11.4 Å². The third-order valence-corrected chi connectivity index (χ3v) is 3.83. The van der Waals surface area contributed by atoms with Crippen LogP contribution in [0.5, 0.6) is 0 Å². The zero-order chi connectivity index (χ0) is 20.8. The molecule has 0 radical (unpaired) electrons. The van der Waals surface area contributed by atoms with E-state index in [9.17, 15) is 9.59 Å². The molecule has 4 rings (SSSR count). The van der Waals surface area contributed by atoms with Crippen molar-refractivity contribution < 1.29 is 18.8 Å². The Labute approximate surface area is 168 Å². The van der Waals surface area contributed by atoms with E-state index in [-0.39, 0.29) is 24.6 Å². The summed E-state index contributed by atoms with van der Waals surface area (Å²) < 4.78 is 11.6. The summed E-state index contributed by atoms with van der Waals surface area (Å²) in [5.41, 5.74) is 1.14. The Bertz CT molecular complexity index is 1140. The number of ether oxygens (including phenoxy) is 1. The molecule has 150 valence electrons. The van der Waals surface area contributed by atoms with Gasteiger partial charge in [0.25, 0.3) is 5.89 Å². The molecular formula is C18H14N8O4. The highest BCUT2D eigenvalue weighted by Gasteiger charge is 2.17. The summed E-state index contributed by atoms with van der Waals surface area (Å²) >= 11 is 0. The lowest BCUT2D eigenvalue weighted by Crippen LogP contribution is -2.21. The molecule has 0 fully saturated rings. The van der Waals surface area contributed by atoms with Crippen molar-refractivity contribution in [3.05, 3.63) is 66.6 Å². The first-order chi connectivity index (χ1) is 14.7. The predicted octanol–water partition coefficient (Wildman–Crippen LogP) is 1.11. The number of anilines is 1. The molecule has 3 aromatic heterocycles. The second-order valence-electron chi connectivity index (χ2n) is 5.93. The van der Waals surface area contributed by atoms with Crippen LogP contribution in [0.4, 0.5) is 5.69 Å². The molecule has 12 heteroatoms. The first-order valence-corrected chi connectivity index (χ1v) is 8.69. The number of nitrogens with zero attached hydrogens (tertiary/aromatic N) is 7. The van der Waals surface area contributed by atoms with Gasteiger partial charge < -0.3 is 14.6 Å². The number of tetrazole rings is 1. The van der Waals surface area contributed by atoms with E-state index in [1.54, 1.807) is 42.7 Å². The second kappa shape index (κ2) is 8.68. The number of hydrogen-bond acceptors (Lipinski definition) is 10. The molecule has 0 aliphatic rings. The molecule has 3 heterocycles. The standard InChI is InChI=1S/C18H14N8O4/c27-15(9-26-11-20-24-25-26)21-14-6-2-1-5-13(14)18(28)29-10-16-22-17(23-30-16)12-4-3-7-19-8-12/h1-8,11H,9-10H2,(H,21,27). The van der Waals surface area contributed by atoms with Crippen LogP contribution in [0.2, 0.25) is 0 Å². The average Bonchev–Trinajstić information content (AvgIpc) is 3.45. The van der Waals surface area contributed by atoms with Gasteiger partial charge in [0.05, 0.1) is 11.3 Å². The van der Waals surface area contributed by atoms with Crippen LogP contribution < -0.4 is 5.32 Å². The summed E-state index contributed by atoms with van der Waals surface area (Å²) in [7, 11) is 0. The van der Waals surface area contributed by atoms with Gasteiger partial charge >= 0.3 is 5.97 Å². The first-order valence-electron chi connectivity index (χ1n) is 8.69. The Hall–Kier alpha value is -4.48. The van der Waals surface area contributed by atoms with Crippen LogP contribution in [0.15, 0.2) is 59.6 Å². The lowest BCUT2D eigenvalue weighted by atomic mass is 10.2. The summed E-state index contributed by atoms with van der Waals surface area (Å²) in [5, 5.41) is 17.0. The van der Waals surface area contributed by atoms with Gasteiger partial charge in [-0.2, -0.15) is 4.98 Å². The highest BCUT2D eigenvalue weighted by molar-refractivity contribution is 6.01. The number of carbonyl (C=O) groups excluding carboxylic acids is 2. The van der Waals surface area contributed by atoms with Crippen molar-refractivity contribution in [1.29, 1.82) is 0 Å². The van der Waals surface area contributed by atoms with Crippen molar-refractivity contribution >= 4 is 17.6 Å². The smallest absolute Gasteiger partial charge is 0.340 e. The molecule has 4 aromatic rings. The summed E-state index contributed by atoms with van der Waals surface area (Å²) in [6.45, 7) is -0.325. The van der Waals surface area contributed by atoms with E-state index in [0.717, 1.165) is 0 Å². The van der Waals surface area contributed by atoms with E-state index < -0.39 is 11.9 Å². The number of hydrogen-bond donors (Lipinski definition) is 1. The van der Waals surface area contributed by atoms with E-state index in [4.69, 9.17) is 9.26 Å². The number of amides is 1. The topological polar surface area (TPSA) is 151 Å². The van der Waals surface area contributed by atoms with E-state index in [1.807, 2.05) is 0 Å². The molecule has 0 aliphatic carbocycles. The molecule has 0 aliphatic heterocycles. The quantitative estimate of drug-likeness (QED) is 0.442. The average molecular weight is 406 g/mol. The monoisotopic (exact) mass is 406 g/mol. The maximum Gasteiger partial charge on any atom is 0.340 e. The van der Waals surface area contributed by atoms with Gasteiger partial charge in [0, 0.05) is 18.0 Å². The maximum atomic E-state index is 12.5. The number of nitrogens with one attached hydrogen (secondary N) is 1. The Morgan fingerprint density at radius 1 is 1.17 bits per heavy atom. The zero-order valence-electron chi connectivity index (χ0n) is 15.4. The number of carbonyl (C=O) groups is 2. The van der Waals surface area contributed by atoms with Gasteiger partial charge in [-0.05, 0) is 34.7 Å². The molecule has 0 bridgehead atoms. The molecular weight excluding hydrogens is 392 g/mol. The fourth-order valence-electron chi connectivity index (χ4n) is 2.49. The van der Waals surface area contributed by atoms with Gasteiger partial charge in [0.1, 0.15) is 12.9 Å². The van der Waals surface area contributed by atoms with Crippen LogP contribution in [-0.4, -0.2) is 47.2 Å². The van der Waals surface area contributed by atoms with E-state index in [2.05, 4.69) is 36.0 Å². The van der Waals surface area contributed by atoms with E-state index >= 15 is 0 Å². The molecule has 1 amide bonds. The number of esters is 1. The number of pyridine rings is 1. The number of aromatic nitrogens is 7. The fourth-order valence-corrected chi connectivity index (χ4v) is 2.49. The van der Waals surface area contributed by atoms with Crippen LogP contribution in [0.25, 0.3) is 11.4 Å². The van der Waals surface area contributed by atoms with E-state index in [1.165, 1.54) is 17.1 Å². The first kappa shape index (κ1) is 18.9. The van der Waals surface area contributed by atoms with Crippen LogP contribution in [0, 0.1) is 0 Å². The normalized spacial score (nSPS) is 10.5. The maximum absolute atomic E-state index is 12.5. The van der Waals surface area contributed by atoms with Crippen molar-refractivity contribution in [3.63, 3.8) is 0 Å². The SMILES string of the molecule is O=C(Cn1cnnn1)Nc1ccccc1C(=O)OCc1nc(-c2cccnc2)no1. The van der Waals surface area contributed by atoms with Gasteiger partial charge in [-0.15, -0.1) is 5.10 Å². The second-order valence-corrected chi connectivity index (χ2v) is 5.93. The van der Waals surface area contributed by atoms with Gasteiger partial charge in [-0.1, -0.05) is 17.3 Å². The Morgan fingerprint density at radius 3 is 2.87 bits per heavy atom. The van der Waals surface area contributed by atoms with Crippen molar-refractivity contribution in [2.45, 2.75) is 13.2 Å². The van der Waals surface area contributed by atoms with Gasteiger partial charge in [0.15, 0.2) is 6.61 Å². The number of rotatable bonds is 7. The zero-order valence-corrected chi connectivity index (χ0v) is 15.4. The predicted molar refractivity (Wildman–Crippen MR) is 99.5 cm³/mol. The van der Waals surface area contributed by atoms with Gasteiger partial charge in [-0.25, -0.2) is 9.48 Å². The largest absolute Gasteiger partial charge is 0.452 e. The third-order valence-electron chi connectivity index (χ3n) is 3.83. The molecule has 0 spiro atoms. The molecule has 0 unspecified atom stereocenters. The molecule has 30 heavy (non-hydrogen) atoms. The lowest BCUT2D eigenvalue weighted by Gasteiger charge is -2.10. The summed E-state index contributed by atoms with van der Waals surface area (Å²) in [4.78, 5) is 32.8. The third kappa shape index (κ3) is 4.49. The molecule has 0 atom stereocenters. The minimum Gasteiger partial charge on any atom is -0.452 e. The highest BCUT2D eigenvalue weighted by Crippen LogP contribution is 2.18. The van der Waals surface area contributed by atoms with Crippen molar-refractivity contribution in [2.24, 2.45) is 0 Å². The van der Waals surface area contributed by atoms with Crippen LogP contribution in [-0.2, 0) is 22.7 Å². The number of para-hydroxylation sites is 1. The van der Waals surface area contributed by atoms with Crippen LogP contribution in [0.3, 0.4) is 0 Å².